The fraction of sp³-hybridized carbons (Fsp3) is 0. The van der Waals surface area contributed by atoms with E-state index in [-0.39, 0.29) is 0 Å². The molecule has 0 unspecified atom stereocenters. The number of hydrogen-bond acceptors (Lipinski definition) is 3. The Kier molecular flexibility index (Phi) is 4.07. The van der Waals surface area contributed by atoms with E-state index in [1.807, 2.05) is 30.3 Å². The molecule has 4 heteroatoms. The summed E-state index contributed by atoms with van der Waals surface area (Å²) in [5.74, 6) is 0. The zero-order chi connectivity index (χ0) is 14.7. The molecule has 0 bridgehead atoms. The summed E-state index contributed by atoms with van der Waals surface area (Å²) in [6, 6.07) is 19.9. The fourth-order valence-corrected chi connectivity index (χ4v) is 3.40. The minimum atomic E-state index is 0.439. The Bertz CT molecular complexity index is 851. The highest BCUT2D eigenvalue weighted by molar-refractivity contribution is 7.99. The van der Waals surface area contributed by atoms with E-state index in [9.17, 15) is 4.79 Å². The van der Waals surface area contributed by atoms with Crippen molar-refractivity contribution in [2.45, 2.75) is 9.79 Å². The standard InChI is InChI=1S/C17H10ClNOS/c18-15-10-13(8-9-16(15)19-11-20)21-17-7-3-5-12-4-1-2-6-14(12)17/h1-10H. The maximum absolute atomic E-state index is 10.3. The first-order chi connectivity index (χ1) is 10.3. The summed E-state index contributed by atoms with van der Waals surface area (Å²) in [5.41, 5.74) is 0.439. The molecule has 0 aliphatic rings. The van der Waals surface area contributed by atoms with Gasteiger partial charge in [0.2, 0.25) is 6.08 Å². The van der Waals surface area contributed by atoms with Crippen molar-refractivity contribution in [3.05, 3.63) is 65.7 Å². The highest BCUT2D eigenvalue weighted by atomic mass is 35.5. The zero-order valence-corrected chi connectivity index (χ0v) is 12.5. The van der Waals surface area contributed by atoms with Crippen molar-refractivity contribution in [2.24, 2.45) is 4.99 Å². The first-order valence-electron chi connectivity index (χ1n) is 6.31. The second kappa shape index (κ2) is 6.15. The summed E-state index contributed by atoms with van der Waals surface area (Å²) in [5, 5.41) is 2.86. The van der Waals surface area contributed by atoms with Crippen LogP contribution in [0, 0.1) is 0 Å². The number of isocyanates is 1. The molecule has 102 valence electrons. The monoisotopic (exact) mass is 311 g/mol. The summed E-state index contributed by atoms with van der Waals surface area (Å²) in [6.45, 7) is 0. The van der Waals surface area contributed by atoms with Crippen LogP contribution in [0.2, 0.25) is 5.02 Å². The number of benzene rings is 3. The number of nitrogens with zero attached hydrogens (tertiary/aromatic N) is 1. The molecule has 21 heavy (non-hydrogen) atoms. The molecule has 0 atom stereocenters. The molecule has 0 aliphatic heterocycles. The maximum atomic E-state index is 10.3. The molecule has 0 aliphatic carbocycles. The lowest BCUT2D eigenvalue weighted by atomic mass is 10.1. The van der Waals surface area contributed by atoms with Crippen molar-refractivity contribution < 1.29 is 4.79 Å². The Morgan fingerprint density at radius 1 is 1.00 bits per heavy atom. The van der Waals surface area contributed by atoms with Gasteiger partial charge in [-0.2, -0.15) is 4.99 Å². The van der Waals surface area contributed by atoms with Gasteiger partial charge in [0.1, 0.15) is 0 Å². The molecule has 0 saturated carbocycles. The van der Waals surface area contributed by atoms with Crippen molar-refractivity contribution in [3.8, 4) is 0 Å². The third-order valence-corrected chi connectivity index (χ3v) is 4.43. The van der Waals surface area contributed by atoms with E-state index in [2.05, 4.69) is 29.3 Å². The van der Waals surface area contributed by atoms with E-state index in [0.717, 1.165) is 9.79 Å². The van der Waals surface area contributed by atoms with E-state index in [1.54, 1.807) is 17.8 Å². The van der Waals surface area contributed by atoms with E-state index in [4.69, 9.17) is 11.6 Å². The van der Waals surface area contributed by atoms with Gasteiger partial charge >= 0.3 is 0 Å². The van der Waals surface area contributed by atoms with Gasteiger partial charge in [0, 0.05) is 9.79 Å². The lowest BCUT2D eigenvalue weighted by molar-refractivity contribution is 0.565. The summed E-state index contributed by atoms with van der Waals surface area (Å²) in [7, 11) is 0. The zero-order valence-electron chi connectivity index (χ0n) is 10.9. The molecule has 0 N–H and O–H groups in total. The Hall–Kier alpha value is -2.06. The van der Waals surface area contributed by atoms with E-state index >= 15 is 0 Å². The van der Waals surface area contributed by atoms with Gasteiger partial charge in [-0.25, -0.2) is 4.79 Å². The molecule has 2 nitrogen and oxygen atoms in total. The average molecular weight is 312 g/mol. The lowest BCUT2D eigenvalue weighted by Crippen LogP contribution is -1.78. The molecular formula is C17H10ClNOS. The lowest BCUT2D eigenvalue weighted by Gasteiger charge is -2.07. The molecule has 3 rings (SSSR count). The van der Waals surface area contributed by atoms with Crippen molar-refractivity contribution in [3.63, 3.8) is 0 Å². The van der Waals surface area contributed by atoms with E-state index in [1.165, 1.54) is 16.9 Å². The fourth-order valence-electron chi connectivity index (χ4n) is 2.10. The van der Waals surface area contributed by atoms with Gasteiger partial charge in [-0.05, 0) is 35.0 Å². The largest absolute Gasteiger partial charge is 0.240 e. The van der Waals surface area contributed by atoms with Crippen LogP contribution in [0.3, 0.4) is 0 Å². The Balaban J connectivity index is 1.99. The third-order valence-electron chi connectivity index (χ3n) is 3.06. The Labute approximate surface area is 131 Å². The van der Waals surface area contributed by atoms with Gasteiger partial charge in [0.25, 0.3) is 0 Å². The molecule has 0 amide bonds. The van der Waals surface area contributed by atoms with Crippen LogP contribution in [0.4, 0.5) is 5.69 Å². The SMILES string of the molecule is O=C=Nc1ccc(Sc2cccc3ccccc23)cc1Cl. The van der Waals surface area contributed by atoms with Crippen LogP contribution < -0.4 is 0 Å². The van der Waals surface area contributed by atoms with Crippen LogP contribution in [0.25, 0.3) is 10.8 Å². The number of fused-ring (bicyclic) bond motifs is 1. The first kappa shape index (κ1) is 13.9. The van der Waals surface area contributed by atoms with Gasteiger partial charge in [-0.1, -0.05) is 59.8 Å². The number of halogens is 1. The molecule has 0 saturated heterocycles. The summed E-state index contributed by atoms with van der Waals surface area (Å²) in [4.78, 5) is 16.0. The van der Waals surface area contributed by atoms with Crippen LogP contribution in [0.15, 0.2) is 75.4 Å². The average Bonchev–Trinajstić information content (AvgIpc) is 2.51. The molecule has 0 aromatic heterocycles. The summed E-state index contributed by atoms with van der Waals surface area (Å²) in [6.07, 6.45) is 1.50. The van der Waals surface area contributed by atoms with Gasteiger partial charge < -0.3 is 0 Å². The minimum absolute atomic E-state index is 0.439. The van der Waals surface area contributed by atoms with Crippen molar-refractivity contribution >= 4 is 45.9 Å². The van der Waals surface area contributed by atoms with Crippen LogP contribution in [-0.4, -0.2) is 6.08 Å². The molecule has 0 heterocycles. The minimum Gasteiger partial charge on any atom is -0.211 e. The first-order valence-corrected chi connectivity index (χ1v) is 7.50. The third kappa shape index (κ3) is 3.01. The van der Waals surface area contributed by atoms with Gasteiger partial charge in [-0.15, -0.1) is 0 Å². The number of rotatable bonds is 3. The summed E-state index contributed by atoms with van der Waals surface area (Å²) < 4.78 is 0. The molecule has 0 radical (unpaired) electrons. The van der Waals surface area contributed by atoms with Crippen LogP contribution in [-0.2, 0) is 4.79 Å². The van der Waals surface area contributed by atoms with Gasteiger partial charge in [0.15, 0.2) is 0 Å². The molecule has 0 fully saturated rings. The van der Waals surface area contributed by atoms with Gasteiger partial charge in [0.05, 0.1) is 10.7 Å². The molecule has 3 aromatic rings. The van der Waals surface area contributed by atoms with Crippen molar-refractivity contribution in [2.75, 3.05) is 0 Å². The van der Waals surface area contributed by atoms with Crippen LogP contribution >= 0.6 is 23.4 Å². The number of hydrogen-bond donors (Lipinski definition) is 0. The quantitative estimate of drug-likeness (QED) is 0.464. The Morgan fingerprint density at radius 3 is 2.62 bits per heavy atom. The smallest absolute Gasteiger partial charge is 0.211 e. The summed E-state index contributed by atoms with van der Waals surface area (Å²) >= 11 is 7.74. The normalized spacial score (nSPS) is 10.3. The Morgan fingerprint density at radius 2 is 1.81 bits per heavy atom. The number of carbonyl (C=O) groups excluding carboxylic acids is 1. The number of aliphatic imine (C=N–C) groups is 1. The van der Waals surface area contributed by atoms with Crippen molar-refractivity contribution in [1.82, 2.24) is 0 Å². The van der Waals surface area contributed by atoms with Gasteiger partial charge in [-0.3, -0.25) is 0 Å². The second-order valence-electron chi connectivity index (χ2n) is 4.40. The van der Waals surface area contributed by atoms with Crippen LogP contribution in [0.5, 0.6) is 0 Å². The van der Waals surface area contributed by atoms with Crippen LogP contribution in [0.1, 0.15) is 0 Å². The highest BCUT2D eigenvalue weighted by Crippen LogP contribution is 2.36. The van der Waals surface area contributed by atoms with E-state index < -0.39 is 0 Å². The van der Waals surface area contributed by atoms with Crippen molar-refractivity contribution in [1.29, 1.82) is 0 Å². The van der Waals surface area contributed by atoms with E-state index in [0.29, 0.717) is 10.7 Å². The topological polar surface area (TPSA) is 29.4 Å². The highest BCUT2D eigenvalue weighted by Gasteiger charge is 2.05. The second-order valence-corrected chi connectivity index (χ2v) is 5.92. The maximum Gasteiger partial charge on any atom is 0.240 e. The predicted octanol–water partition coefficient (Wildman–Crippen LogP) is 5.61. The molecular weight excluding hydrogens is 302 g/mol. The molecule has 3 aromatic carbocycles. The predicted molar refractivity (Wildman–Crippen MR) is 87.3 cm³/mol. The molecule has 0 spiro atoms.